The average molecular weight is 413 g/mol. The molecule has 0 radical (unpaired) electrons. The summed E-state index contributed by atoms with van der Waals surface area (Å²) >= 11 is 5.97. The number of carbonyl (C=O) groups excluding carboxylic acids is 1. The van der Waals surface area contributed by atoms with E-state index in [1.165, 1.54) is 11.4 Å². The third kappa shape index (κ3) is 5.43. The normalized spacial score (nSPS) is 20.1. The van der Waals surface area contributed by atoms with Crippen LogP contribution in [0.15, 0.2) is 54.6 Å². The lowest BCUT2D eigenvalue weighted by Crippen LogP contribution is -2.49. The molecule has 6 heteroatoms. The average Bonchev–Trinajstić information content (AvgIpc) is 3.23. The van der Waals surface area contributed by atoms with E-state index in [1.54, 1.807) is 0 Å². The van der Waals surface area contributed by atoms with Crippen LogP contribution < -0.4 is 15.1 Å². The number of halogens is 1. The monoisotopic (exact) mass is 412 g/mol. The van der Waals surface area contributed by atoms with Crippen LogP contribution in [0.3, 0.4) is 0 Å². The SMILES string of the molecule is O=C(CN1CCN(c2ccc(Cl)cc2)CC1)NC[C@H]1CCN(c2ccccc2)C1. The van der Waals surface area contributed by atoms with Crippen LogP contribution in [0.5, 0.6) is 0 Å². The lowest BCUT2D eigenvalue weighted by atomic mass is 10.1. The summed E-state index contributed by atoms with van der Waals surface area (Å²) in [6.07, 6.45) is 1.13. The van der Waals surface area contributed by atoms with E-state index in [1.807, 2.05) is 18.2 Å². The maximum absolute atomic E-state index is 12.4. The van der Waals surface area contributed by atoms with E-state index >= 15 is 0 Å². The second kappa shape index (κ2) is 9.51. The molecule has 29 heavy (non-hydrogen) atoms. The van der Waals surface area contributed by atoms with Gasteiger partial charge in [0.2, 0.25) is 5.91 Å². The van der Waals surface area contributed by atoms with Gasteiger partial charge in [0, 0.05) is 62.2 Å². The third-order valence-corrected chi connectivity index (χ3v) is 6.18. The van der Waals surface area contributed by atoms with Gasteiger partial charge >= 0.3 is 0 Å². The molecule has 1 amide bonds. The summed E-state index contributed by atoms with van der Waals surface area (Å²) in [6.45, 7) is 7.02. The number of piperazine rings is 1. The molecule has 0 aromatic heterocycles. The summed E-state index contributed by atoms with van der Waals surface area (Å²) in [7, 11) is 0. The topological polar surface area (TPSA) is 38.8 Å². The first-order valence-electron chi connectivity index (χ1n) is 10.5. The van der Waals surface area contributed by atoms with Crippen LogP contribution in [0.25, 0.3) is 0 Å². The number of benzene rings is 2. The van der Waals surface area contributed by atoms with Gasteiger partial charge in [-0.15, -0.1) is 0 Å². The number of amides is 1. The molecule has 2 fully saturated rings. The van der Waals surface area contributed by atoms with Gasteiger partial charge in [0.1, 0.15) is 0 Å². The number of nitrogens with zero attached hydrogens (tertiary/aromatic N) is 3. The second-order valence-corrected chi connectivity index (χ2v) is 8.42. The molecule has 2 heterocycles. The van der Waals surface area contributed by atoms with Gasteiger partial charge in [-0.25, -0.2) is 0 Å². The van der Waals surface area contributed by atoms with Gasteiger partial charge in [0.25, 0.3) is 0 Å². The molecular weight excluding hydrogens is 384 g/mol. The van der Waals surface area contributed by atoms with E-state index < -0.39 is 0 Å². The minimum atomic E-state index is 0.142. The molecule has 0 unspecified atom stereocenters. The molecule has 2 saturated heterocycles. The maximum Gasteiger partial charge on any atom is 0.234 e. The van der Waals surface area contributed by atoms with E-state index in [2.05, 4.69) is 56.4 Å². The zero-order valence-corrected chi connectivity index (χ0v) is 17.5. The summed E-state index contributed by atoms with van der Waals surface area (Å²) < 4.78 is 0. The van der Waals surface area contributed by atoms with Crippen LogP contribution in [-0.2, 0) is 4.79 Å². The Balaban J connectivity index is 1.16. The Hall–Kier alpha value is -2.24. The molecule has 0 spiro atoms. The Kier molecular flexibility index (Phi) is 6.57. The highest BCUT2D eigenvalue weighted by Gasteiger charge is 2.24. The van der Waals surface area contributed by atoms with Crippen molar-refractivity contribution in [1.29, 1.82) is 0 Å². The first kappa shape index (κ1) is 20.0. The number of nitrogens with one attached hydrogen (secondary N) is 1. The fourth-order valence-corrected chi connectivity index (χ4v) is 4.33. The predicted octanol–water partition coefficient (Wildman–Crippen LogP) is 3.10. The van der Waals surface area contributed by atoms with E-state index in [0.29, 0.717) is 12.5 Å². The van der Waals surface area contributed by atoms with E-state index in [4.69, 9.17) is 11.6 Å². The molecule has 154 valence electrons. The van der Waals surface area contributed by atoms with Crippen molar-refractivity contribution in [3.05, 3.63) is 59.6 Å². The highest BCUT2D eigenvalue weighted by molar-refractivity contribution is 6.30. The molecule has 4 rings (SSSR count). The Morgan fingerprint density at radius 3 is 2.31 bits per heavy atom. The van der Waals surface area contributed by atoms with Crippen molar-refractivity contribution in [3.8, 4) is 0 Å². The van der Waals surface area contributed by atoms with E-state index in [9.17, 15) is 4.79 Å². The molecule has 5 nitrogen and oxygen atoms in total. The lowest BCUT2D eigenvalue weighted by Gasteiger charge is -2.35. The molecule has 0 saturated carbocycles. The molecule has 1 N–H and O–H groups in total. The summed E-state index contributed by atoms with van der Waals surface area (Å²) in [5.74, 6) is 0.670. The number of hydrogen-bond donors (Lipinski definition) is 1. The Bertz CT molecular complexity index is 790. The van der Waals surface area contributed by atoms with Gasteiger partial charge in [-0.3, -0.25) is 9.69 Å². The van der Waals surface area contributed by atoms with E-state index in [-0.39, 0.29) is 5.91 Å². The van der Waals surface area contributed by atoms with Crippen LogP contribution in [0, 0.1) is 5.92 Å². The van der Waals surface area contributed by atoms with Crippen molar-refractivity contribution < 1.29 is 4.79 Å². The van der Waals surface area contributed by atoms with Crippen molar-refractivity contribution in [1.82, 2.24) is 10.2 Å². The van der Waals surface area contributed by atoms with Crippen molar-refractivity contribution in [3.63, 3.8) is 0 Å². The molecule has 2 aromatic rings. The minimum Gasteiger partial charge on any atom is -0.371 e. The summed E-state index contributed by atoms with van der Waals surface area (Å²) in [5.41, 5.74) is 2.47. The highest BCUT2D eigenvalue weighted by atomic mass is 35.5. The van der Waals surface area contributed by atoms with Gasteiger partial charge in [-0.05, 0) is 48.7 Å². The lowest BCUT2D eigenvalue weighted by molar-refractivity contribution is -0.122. The van der Waals surface area contributed by atoms with Crippen molar-refractivity contribution in [2.75, 3.05) is 62.2 Å². The fraction of sp³-hybridized carbons (Fsp3) is 0.435. The quantitative estimate of drug-likeness (QED) is 0.791. The highest BCUT2D eigenvalue weighted by Crippen LogP contribution is 2.23. The largest absolute Gasteiger partial charge is 0.371 e. The number of rotatable bonds is 6. The van der Waals surface area contributed by atoms with Gasteiger partial charge in [-0.2, -0.15) is 0 Å². The molecule has 0 aliphatic carbocycles. The number of carbonyl (C=O) groups is 1. The Labute approximate surface area is 178 Å². The number of hydrogen-bond acceptors (Lipinski definition) is 4. The summed E-state index contributed by atoms with van der Waals surface area (Å²) in [6, 6.07) is 18.5. The predicted molar refractivity (Wildman–Crippen MR) is 120 cm³/mol. The standard InChI is InChI=1S/C23H29ClN4O/c24-20-6-8-22(9-7-20)27-14-12-26(13-15-27)18-23(29)25-16-19-10-11-28(17-19)21-4-2-1-3-5-21/h1-9,19H,10-18H2,(H,25,29)/t19-/m1/s1. The fourth-order valence-electron chi connectivity index (χ4n) is 4.21. The zero-order valence-electron chi connectivity index (χ0n) is 16.8. The number of anilines is 2. The van der Waals surface area contributed by atoms with Crippen molar-refractivity contribution in [2.24, 2.45) is 5.92 Å². The van der Waals surface area contributed by atoms with Crippen LogP contribution >= 0.6 is 11.6 Å². The van der Waals surface area contributed by atoms with Crippen LogP contribution in [0.1, 0.15) is 6.42 Å². The molecule has 2 aliphatic heterocycles. The smallest absolute Gasteiger partial charge is 0.234 e. The molecule has 2 aromatic carbocycles. The summed E-state index contributed by atoms with van der Waals surface area (Å²) in [5, 5.41) is 3.92. The molecule has 2 aliphatic rings. The molecule has 0 bridgehead atoms. The van der Waals surface area contributed by atoms with Gasteiger partial charge < -0.3 is 15.1 Å². The summed E-state index contributed by atoms with van der Waals surface area (Å²) in [4.78, 5) is 19.4. The second-order valence-electron chi connectivity index (χ2n) is 7.98. The van der Waals surface area contributed by atoms with Crippen molar-refractivity contribution in [2.45, 2.75) is 6.42 Å². The minimum absolute atomic E-state index is 0.142. The van der Waals surface area contributed by atoms with Gasteiger partial charge in [-0.1, -0.05) is 29.8 Å². The zero-order chi connectivity index (χ0) is 20.1. The van der Waals surface area contributed by atoms with Crippen LogP contribution in [-0.4, -0.2) is 63.2 Å². The first-order valence-corrected chi connectivity index (χ1v) is 10.8. The van der Waals surface area contributed by atoms with Gasteiger partial charge in [0.05, 0.1) is 6.54 Å². The third-order valence-electron chi connectivity index (χ3n) is 5.93. The van der Waals surface area contributed by atoms with E-state index in [0.717, 1.165) is 57.3 Å². The van der Waals surface area contributed by atoms with Crippen molar-refractivity contribution >= 4 is 28.9 Å². The first-order chi connectivity index (χ1) is 14.2. The maximum atomic E-state index is 12.4. The molecule has 1 atom stereocenters. The Morgan fingerprint density at radius 2 is 1.59 bits per heavy atom. The van der Waals surface area contributed by atoms with Crippen LogP contribution in [0.2, 0.25) is 5.02 Å². The van der Waals surface area contributed by atoms with Gasteiger partial charge in [0.15, 0.2) is 0 Å². The number of para-hydroxylation sites is 1. The molecular formula is C23H29ClN4O. The Morgan fingerprint density at radius 1 is 0.897 bits per heavy atom. The van der Waals surface area contributed by atoms with Crippen LogP contribution in [0.4, 0.5) is 11.4 Å².